The molecule has 4 nitrogen and oxygen atoms in total. The first-order valence-corrected chi connectivity index (χ1v) is 7.35. The lowest BCUT2D eigenvalue weighted by Crippen LogP contribution is -2.31. The lowest BCUT2D eigenvalue weighted by Gasteiger charge is -2.13. The number of methoxy groups -OCH3 is 1. The molecular weight excluding hydrogens is 334 g/mol. The first kappa shape index (κ1) is 13.9. The van der Waals surface area contributed by atoms with E-state index in [0.29, 0.717) is 17.9 Å². The van der Waals surface area contributed by atoms with E-state index in [9.17, 15) is 4.79 Å². The smallest absolute Gasteiger partial charge is 0.265 e. The van der Waals surface area contributed by atoms with Gasteiger partial charge < -0.3 is 14.8 Å². The molecule has 0 aromatic heterocycles. The number of carbonyl (C=O) groups is 1. The van der Waals surface area contributed by atoms with Crippen LogP contribution < -0.4 is 14.8 Å². The standard InChI is InChI=1S/C16H14BrNO3/c1-20-11-6-7-12(17)13(9-11)18-16(19)15-8-10-4-2-3-5-14(10)21-15/h2-7,9,15H,8H2,1H3,(H,18,19). The molecule has 0 aliphatic carbocycles. The molecule has 1 aliphatic rings. The van der Waals surface area contributed by atoms with Gasteiger partial charge in [0.15, 0.2) is 6.10 Å². The van der Waals surface area contributed by atoms with Crippen molar-refractivity contribution < 1.29 is 14.3 Å². The van der Waals surface area contributed by atoms with Crippen LogP contribution in [-0.2, 0) is 11.2 Å². The van der Waals surface area contributed by atoms with Gasteiger partial charge in [-0.15, -0.1) is 0 Å². The van der Waals surface area contributed by atoms with E-state index in [-0.39, 0.29) is 5.91 Å². The minimum absolute atomic E-state index is 0.167. The first-order valence-electron chi connectivity index (χ1n) is 6.56. The summed E-state index contributed by atoms with van der Waals surface area (Å²) >= 11 is 3.41. The van der Waals surface area contributed by atoms with Gasteiger partial charge in [-0.1, -0.05) is 18.2 Å². The fraction of sp³-hybridized carbons (Fsp3) is 0.188. The molecule has 0 saturated heterocycles. The Morgan fingerprint density at radius 1 is 1.33 bits per heavy atom. The topological polar surface area (TPSA) is 47.6 Å². The van der Waals surface area contributed by atoms with Crippen LogP contribution in [0.1, 0.15) is 5.56 Å². The summed E-state index contributed by atoms with van der Waals surface area (Å²) in [6.07, 6.45) is 0.0874. The van der Waals surface area contributed by atoms with Crippen LogP contribution >= 0.6 is 15.9 Å². The maximum atomic E-state index is 12.3. The summed E-state index contributed by atoms with van der Waals surface area (Å²) in [4.78, 5) is 12.3. The van der Waals surface area contributed by atoms with Gasteiger partial charge in [0.25, 0.3) is 5.91 Å². The van der Waals surface area contributed by atoms with Crippen molar-refractivity contribution in [3.63, 3.8) is 0 Å². The molecule has 2 aromatic carbocycles. The molecule has 1 amide bonds. The lowest BCUT2D eigenvalue weighted by molar-refractivity contribution is -0.122. The third-order valence-electron chi connectivity index (χ3n) is 3.37. The monoisotopic (exact) mass is 347 g/mol. The van der Waals surface area contributed by atoms with Crippen molar-refractivity contribution in [1.82, 2.24) is 0 Å². The first-order chi connectivity index (χ1) is 10.2. The predicted octanol–water partition coefficient (Wildman–Crippen LogP) is 3.40. The second kappa shape index (κ2) is 5.77. The van der Waals surface area contributed by atoms with E-state index in [1.807, 2.05) is 36.4 Å². The number of hydrogen-bond donors (Lipinski definition) is 1. The maximum Gasteiger partial charge on any atom is 0.265 e. The third kappa shape index (κ3) is 2.88. The average Bonchev–Trinajstić information content (AvgIpc) is 2.93. The second-order valence-corrected chi connectivity index (χ2v) is 5.61. The van der Waals surface area contributed by atoms with E-state index in [2.05, 4.69) is 21.2 Å². The van der Waals surface area contributed by atoms with Crippen molar-refractivity contribution in [3.8, 4) is 11.5 Å². The van der Waals surface area contributed by atoms with Crippen molar-refractivity contribution in [3.05, 3.63) is 52.5 Å². The predicted molar refractivity (Wildman–Crippen MR) is 83.9 cm³/mol. The highest BCUT2D eigenvalue weighted by molar-refractivity contribution is 9.10. The van der Waals surface area contributed by atoms with E-state index in [4.69, 9.17) is 9.47 Å². The molecule has 1 aliphatic heterocycles. The van der Waals surface area contributed by atoms with Gasteiger partial charge in [0.05, 0.1) is 12.8 Å². The number of rotatable bonds is 3. The van der Waals surface area contributed by atoms with Crippen LogP contribution in [0.25, 0.3) is 0 Å². The van der Waals surface area contributed by atoms with Gasteiger partial charge in [-0.05, 0) is 39.7 Å². The molecule has 1 heterocycles. The summed E-state index contributed by atoms with van der Waals surface area (Å²) in [5, 5.41) is 2.87. The Labute approximate surface area is 131 Å². The van der Waals surface area contributed by atoms with E-state index in [1.54, 1.807) is 13.2 Å². The van der Waals surface area contributed by atoms with Crippen molar-refractivity contribution in [2.75, 3.05) is 12.4 Å². The minimum Gasteiger partial charge on any atom is -0.497 e. The van der Waals surface area contributed by atoms with Crippen molar-refractivity contribution in [2.45, 2.75) is 12.5 Å². The average molecular weight is 348 g/mol. The molecular formula is C16H14BrNO3. The number of anilines is 1. The van der Waals surface area contributed by atoms with Gasteiger partial charge >= 0.3 is 0 Å². The highest BCUT2D eigenvalue weighted by atomic mass is 79.9. The van der Waals surface area contributed by atoms with Gasteiger partial charge in [-0.25, -0.2) is 0 Å². The number of ether oxygens (including phenoxy) is 2. The zero-order valence-electron chi connectivity index (χ0n) is 11.4. The van der Waals surface area contributed by atoms with Crippen LogP contribution in [0.4, 0.5) is 5.69 Å². The summed E-state index contributed by atoms with van der Waals surface area (Å²) in [6, 6.07) is 13.1. The van der Waals surface area contributed by atoms with Gasteiger partial charge in [0, 0.05) is 17.0 Å². The maximum absolute atomic E-state index is 12.3. The Morgan fingerprint density at radius 2 is 2.14 bits per heavy atom. The number of nitrogens with one attached hydrogen (secondary N) is 1. The molecule has 0 radical (unpaired) electrons. The minimum atomic E-state index is -0.500. The molecule has 108 valence electrons. The molecule has 0 fully saturated rings. The molecule has 2 aromatic rings. The molecule has 3 rings (SSSR count). The zero-order chi connectivity index (χ0) is 14.8. The largest absolute Gasteiger partial charge is 0.497 e. The summed E-state index contributed by atoms with van der Waals surface area (Å²) in [5.74, 6) is 1.30. The van der Waals surface area contributed by atoms with Gasteiger partial charge in [0.2, 0.25) is 0 Å². The van der Waals surface area contributed by atoms with E-state index in [1.165, 1.54) is 0 Å². The number of hydrogen-bond acceptors (Lipinski definition) is 3. The molecule has 1 atom stereocenters. The Balaban J connectivity index is 1.74. The fourth-order valence-electron chi connectivity index (χ4n) is 2.27. The number of fused-ring (bicyclic) bond motifs is 1. The number of carbonyl (C=O) groups excluding carboxylic acids is 1. The van der Waals surface area contributed by atoms with Crippen LogP contribution in [0.15, 0.2) is 46.9 Å². The number of benzene rings is 2. The molecule has 5 heteroatoms. The Hall–Kier alpha value is -2.01. The summed E-state index contributed by atoms with van der Waals surface area (Å²) < 4.78 is 11.6. The zero-order valence-corrected chi connectivity index (χ0v) is 13.0. The number of amides is 1. The van der Waals surface area contributed by atoms with E-state index in [0.717, 1.165) is 15.8 Å². The van der Waals surface area contributed by atoms with Crippen LogP contribution in [0.5, 0.6) is 11.5 Å². The second-order valence-electron chi connectivity index (χ2n) is 4.75. The normalized spacial score (nSPS) is 16.0. The van der Waals surface area contributed by atoms with Crippen LogP contribution in [0, 0.1) is 0 Å². The van der Waals surface area contributed by atoms with E-state index >= 15 is 0 Å². The number of halogens is 1. The van der Waals surface area contributed by atoms with Crippen LogP contribution in [-0.4, -0.2) is 19.1 Å². The molecule has 21 heavy (non-hydrogen) atoms. The Kier molecular flexibility index (Phi) is 3.84. The van der Waals surface area contributed by atoms with Gasteiger partial charge in [-0.2, -0.15) is 0 Å². The number of para-hydroxylation sites is 1. The summed E-state index contributed by atoms with van der Waals surface area (Å²) in [6.45, 7) is 0. The van der Waals surface area contributed by atoms with Crippen molar-refractivity contribution in [1.29, 1.82) is 0 Å². The van der Waals surface area contributed by atoms with Crippen LogP contribution in [0.2, 0.25) is 0 Å². The molecule has 0 spiro atoms. The van der Waals surface area contributed by atoms with Gasteiger partial charge in [-0.3, -0.25) is 4.79 Å². The van der Waals surface area contributed by atoms with Crippen molar-refractivity contribution in [2.24, 2.45) is 0 Å². The van der Waals surface area contributed by atoms with Gasteiger partial charge in [0.1, 0.15) is 11.5 Å². The Bertz CT molecular complexity index is 662. The molecule has 1 unspecified atom stereocenters. The molecule has 1 N–H and O–H groups in total. The van der Waals surface area contributed by atoms with Crippen LogP contribution in [0.3, 0.4) is 0 Å². The third-order valence-corrected chi connectivity index (χ3v) is 4.06. The highest BCUT2D eigenvalue weighted by Crippen LogP contribution is 2.30. The highest BCUT2D eigenvalue weighted by Gasteiger charge is 2.29. The molecule has 0 bridgehead atoms. The molecule has 0 saturated carbocycles. The quantitative estimate of drug-likeness (QED) is 0.925. The SMILES string of the molecule is COc1ccc(Br)c(NC(=O)C2Cc3ccccc3O2)c1. The van der Waals surface area contributed by atoms with Crippen molar-refractivity contribution >= 4 is 27.5 Å². The Morgan fingerprint density at radius 3 is 2.90 bits per heavy atom. The van der Waals surface area contributed by atoms with E-state index < -0.39 is 6.10 Å². The summed E-state index contributed by atoms with van der Waals surface area (Å²) in [5.41, 5.74) is 1.72. The lowest BCUT2D eigenvalue weighted by atomic mass is 10.1. The fourth-order valence-corrected chi connectivity index (χ4v) is 2.61. The summed E-state index contributed by atoms with van der Waals surface area (Å²) in [7, 11) is 1.59.